The summed E-state index contributed by atoms with van der Waals surface area (Å²) in [4.78, 5) is 126. The van der Waals surface area contributed by atoms with Crippen LogP contribution in [0.15, 0.2) is 152 Å². The second-order valence-electron chi connectivity index (χ2n) is 24.2. The minimum Gasteiger partial charge on any atom is -0.507 e. The van der Waals surface area contributed by atoms with Gasteiger partial charge < -0.3 is 89.4 Å². The smallest absolute Gasteiger partial charge is 0.339 e. The number of nitrogens with one attached hydrogen (secondary N) is 8. The van der Waals surface area contributed by atoms with Crippen LogP contribution < -0.4 is 48.7 Å². The average Bonchev–Trinajstić information content (AvgIpc) is 0.880. The molecule has 528 valence electrons. The number of aromatic hydroxyl groups is 2. The molecule has 0 radical (unpaired) electrons. The molecule has 100 heavy (non-hydrogen) atoms. The molecule has 19 N–H and O–H groups in total. The van der Waals surface area contributed by atoms with Gasteiger partial charge in [0.05, 0.1) is 30.9 Å². The highest BCUT2D eigenvalue weighted by Crippen LogP contribution is 2.39. The van der Waals surface area contributed by atoms with E-state index in [0.717, 1.165) is 38.1 Å². The number of amides is 7. The van der Waals surface area contributed by atoms with E-state index in [1.54, 1.807) is 109 Å². The lowest BCUT2D eigenvalue weighted by atomic mass is 9.90. The number of carboxylic acids is 2. The van der Waals surface area contributed by atoms with Crippen LogP contribution in [0.1, 0.15) is 81.6 Å². The summed E-state index contributed by atoms with van der Waals surface area (Å²) < 4.78 is 0. The molecule has 1 aromatic heterocycles. The van der Waals surface area contributed by atoms with Crippen molar-refractivity contribution in [2.75, 3.05) is 24.7 Å². The molecule has 26 nitrogen and oxygen atoms in total. The van der Waals surface area contributed by atoms with Crippen molar-refractivity contribution in [2.45, 2.75) is 119 Å². The molecular formula is C72H82N10O16S2. The van der Waals surface area contributed by atoms with Gasteiger partial charge >= 0.3 is 11.9 Å². The fourth-order valence-electron chi connectivity index (χ4n) is 11.4. The number of nitrogens with two attached hydrogens (primary N) is 2. The molecule has 0 saturated carbocycles. The number of aromatic carboxylic acids is 2. The molecule has 7 amide bonds. The quantitative estimate of drug-likeness (QED) is 0.0361. The number of rotatable bonds is 21. The Labute approximate surface area is 583 Å². The lowest BCUT2D eigenvalue weighted by molar-refractivity contribution is -0.136. The van der Waals surface area contributed by atoms with E-state index in [1.807, 2.05) is 30.3 Å². The van der Waals surface area contributed by atoms with Crippen molar-refractivity contribution in [1.82, 2.24) is 42.2 Å². The Hall–Kier alpha value is -10.1. The molecular weight excluding hydrogens is 1320 g/mol. The maximum Gasteiger partial charge on any atom is 0.339 e. The molecule has 1 aliphatic rings. The first kappa shape index (κ1) is 75.7. The zero-order valence-electron chi connectivity index (χ0n) is 54.8. The zero-order valence-corrected chi connectivity index (χ0v) is 56.4. The first-order valence-corrected chi connectivity index (χ1v) is 34.8. The Morgan fingerprint density at radius 2 is 1.11 bits per heavy atom. The molecule has 1 aliphatic heterocycles. The van der Waals surface area contributed by atoms with Gasteiger partial charge in [0.2, 0.25) is 41.4 Å². The molecule has 2 heterocycles. The maximum absolute atomic E-state index is 14.7. The van der Waals surface area contributed by atoms with Crippen LogP contribution in [0.4, 0.5) is 0 Å². The van der Waals surface area contributed by atoms with Gasteiger partial charge in [0.25, 0.3) is 0 Å². The summed E-state index contributed by atoms with van der Waals surface area (Å²) in [5.74, 6) is -9.36. The number of carbonyl (C=O) groups excluding carboxylic acids is 7. The number of aliphatic hydroxyl groups is 3. The van der Waals surface area contributed by atoms with Gasteiger partial charge in [-0.05, 0) is 103 Å². The number of aliphatic hydroxyl groups excluding tert-OH is 3. The number of aromatic nitrogens is 1. The van der Waals surface area contributed by atoms with Crippen molar-refractivity contribution in [3.05, 3.63) is 191 Å². The second-order valence-corrected chi connectivity index (χ2v) is 26.8. The largest absolute Gasteiger partial charge is 0.507 e. The topological polar surface area (TPSA) is 447 Å². The average molecular weight is 1410 g/mol. The molecule has 9 rings (SSSR count). The van der Waals surface area contributed by atoms with E-state index >= 15 is 0 Å². The van der Waals surface area contributed by atoms with Crippen molar-refractivity contribution < 1.29 is 78.9 Å². The number of carboxylic acid groups (broad SMARTS) is 2. The summed E-state index contributed by atoms with van der Waals surface area (Å²) in [6.45, 7) is 2.23. The monoisotopic (exact) mass is 1410 g/mol. The minimum atomic E-state index is -1.66. The fraction of sp³-hybridized carbons (Fsp3) is 0.319. The van der Waals surface area contributed by atoms with Crippen molar-refractivity contribution >= 4 is 107 Å². The van der Waals surface area contributed by atoms with Crippen LogP contribution in [0.25, 0.3) is 32.4 Å². The minimum absolute atomic E-state index is 0.0340. The van der Waals surface area contributed by atoms with Gasteiger partial charge in [0.1, 0.15) is 58.9 Å². The summed E-state index contributed by atoms with van der Waals surface area (Å²) in [6, 6.07) is 31.4. The molecule has 0 unspecified atom stereocenters. The molecule has 7 aromatic carbocycles. The number of phenols is 2. The third-order valence-corrected chi connectivity index (χ3v) is 19.3. The molecule has 0 spiro atoms. The van der Waals surface area contributed by atoms with Crippen molar-refractivity contribution in [1.29, 1.82) is 0 Å². The Balaban J connectivity index is 0.000000361. The Morgan fingerprint density at radius 3 is 1.67 bits per heavy atom. The van der Waals surface area contributed by atoms with Crippen LogP contribution in [-0.2, 0) is 59.2 Å². The van der Waals surface area contributed by atoms with Crippen molar-refractivity contribution in [3.63, 3.8) is 0 Å². The van der Waals surface area contributed by atoms with Crippen LogP contribution in [-0.4, -0.2) is 179 Å². The van der Waals surface area contributed by atoms with E-state index in [0.29, 0.717) is 56.6 Å². The van der Waals surface area contributed by atoms with Crippen LogP contribution in [0.3, 0.4) is 0 Å². The van der Waals surface area contributed by atoms with Gasteiger partial charge in [-0.25, -0.2) is 9.59 Å². The van der Waals surface area contributed by atoms with E-state index in [2.05, 4.69) is 42.2 Å². The predicted octanol–water partition coefficient (Wildman–Crippen LogP) is 3.59. The normalized spacial score (nSPS) is 19.4. The van der Waals surface area contributed by atoms with E-state index in [4.69, 9.17) is 11.5 Å². The van der Waals surface area contributed by atoms with E-state index in [1.165, 1.54) is 26.0 Å². The van der Waals surface area contributed by atoms with Crippen molar-refractivity contribution in [3.8, 4) is 11.5 Å². The number of hydrogen-bond acceptors (Lipinski definition) is 18. The van der Waals surface area contributed by atoms with Gasteiger partial charge in [0.15, 0.2) is 0 Å². The lowest BCUT2D eigenvalue weighted by Crippen LogP contribution is -2.62. The first-order valence-electron chi connectivity index (χ1n) is 32.3. The first-order chi connectivity index (χ1) is 48.0. The third-order valence-electron chi connectivity index (χ3n) is 16.9. The van der Waals surface area contributed by atoms with Gasteiger partial charge in [-0.15, -0.1) is 0 Å². The maximum atomic E-state index is 14.7. The number of unbranched alkanes of at least 4 members (excludes halogenated alkanes) is 1. The van der Waals surface area contributed by atoms with Crippen LogP contribution >= 0.6 is 21.6 Å². The van der Waals surface area contributed by atoms with Gasteiger partial charge in [-0.3, -0.25) is 33.6 Å². The highest BCUT2D eigenvalue weighted by molar-refractivity contribution is 8.76. The predicted molar refractivity (Wildman–Crippen MR) is 380 cm³/mol. The van der Waals surface area contributed by atoms with Gasteiger partial charge in [0, 0.05) is 59.0 Å². The SMILES string of the molecule is C[C@@H](O)[C@@H]1NC(=O)[C@H](CCCCN)NC(=O)[C@@H](Cc2c[nH]c3ccccc23)NC(=O)[C@H](Cc2ccccc2)NC(=O)[C@@H](NC(=O)[C@H](N)Cc2ccccc2)CSSC[C@@H](C(=O)N[C@H](CO)[C@@H](C)O)NC1=O.O=C(O)c1cc2ccccc2c(Cc2c(O)c(C(=O)O)cc3ccccc23)c1O. The van der Waals surface area contributed by atoms with Crippen LogP contribution in [0.2, 0.25) is 0 Å². The molecule has 10 atom stereocenters. The van der Waals surface area contributed by atoms with Crippen molar-refractivity contribution in [2.24, 2.45) is 11.5 Å². The molecule has 0 aliphatic carbocycles. The van der Waals surface area contributed by atoms with E-state index in [-0.39, 0.29) is 61.3 Å². The van der Waals surface area contributed by atoms with Gasteiger partial charge in [-0.1, -0.05) is 149 Å². The summed E-state index contributed by atoms with van der Waals surface area (Å²) >= 11 is 0. The number of hydrogen-bond donors (Lipinski definition) is 17. The fourth-order valence-corrected chi connectivity index (χ4v) is 13.7. The number of para-hydroxylation sites is 1. The third kappa shape index (κ3) is 20.1. The lowest BCUT2D eigenvalue weighted by Gasteiger charge is -2.29. The Morgan fingerprint density at radius 1 is 0.600 bits per heavy atom. The van der Waals surface area contributed by atoms with E-state index in [9.17, 15) is 78.9 Å². The number of carbonyl (C=O) groups is 9. The molecule has 0 bridgehead atoms. The molecule has 28 heteroatoms. The Kier molecular flexibility index (Phi) is 27.4. The molecule has 8 aromatic rings. The highest BCUT2D eigenvalue weighted by atomic mass is 33.1. The summed E-state index contributed by atoms with van der Waals surface area (Å²) in [7, 11) is 2.06. The molecule has 1 fully saturated rings. The van der Waals surface area contributed by atoms with E-state index < -0.39 is 132 Å². The summed E-state index contributed by atoms with van der Waals surface area (Å²) in [5, 5.41) is 93.3. The standard InChI is InChI=1S/C49H66N10O10S2.C23H16O6/c1-28(61)39(25-60)56-48(68)41-27-71-70-26-40(57-43(63)34(51)21-30-13-5-3-6-14-30)47(67)54-37(22-31-15-7-4-8-16-31)45(65)55-38(23-32-24-52-35-18-10-9-17-33(32)35)46(66)53-36(19-11-12-20-50)44(64)59-42(29(2)62)49(69)58-41;24-20-16(14-7-3-1-5-12(14)9-18(20)22(26)27)11-17-15-8-4-2-6-13(15)10-19(21(17)25)23(28)29/h3-10,13-18,24,28-29,34,36-42,52,60-62H,11-12,19-23,25-27,50-51H2,1-2H3,(H,53,66)(H,54,67)(H,55,65)(H,56,68)(H,57,63)(H,58,69)(H,59,64);1-10,24-25H,11H2,(H,26,27)(H,28,29)/t28-,29-,34-,36+,37+,38-,39-,40+,41+,42+;/m1./s1. The number of H-pyrrole nitrogens is 1. The molecule has 1 saturated heterocycles. The number of benzene rings is 7. The summed E-state index contributed by atoms with van der Waals surface area (Å²) in [6.07, 6.45) is -0.197. The van der Waals surface area contributed by atoms with Gasteiger partial charge in [-0.2, -0.15) is 0 Å². The number of aromatic amines is 1. The van der Waals surface area contributed by atoms with Crippen LogP contribution in [0, 0.1) is 0 Å². The number of fused-ring (bicyclic) bond motifs is 3. The Bertz CT molecular complexity index is 4120. The highest BCUT2D eigenvalue weighted by Gasteiger charge is 2.37. The summed E-state index contributed by atoms with van der Waals surface area (Å²) in [5.41, 5.74) is 15.1. The van der Waals surface area contributed by atoms with Crippen LogP contribution in [0.5, 0.6) is 11.5 Å². The second kappa shape index (κ2) is 36.1. The zero-order chi connectivity index (χ0) is 72.2.